The smallest absolute Gasteiger partial charge is 0.349 e. The minimum atomic E-state index is -1.31. The molecule has 0 saturated heterocycles. The molecule has 0 aliphatic rings. The maximum absolute atomic E-state index is 12.4. The van der Waals surface area contributed by atoms with Crippen molar-refractivity contribution in [2.75, 3.05) is 6.61 Å². The van der Waals surface area contributed by atoms with Gasteiger partial charge in [-0.2, -0.15) is 0 Å². The van der Waals surface area contributed by atoms with Gasteiger partial charge in [0.25, 0.3) is 0 Å². The maximum Gasteiger partial charge on any atom is 0.349 e. The summed E-state index contributed by atoms with van der Waals surface area (Å²) >= 11 is 5.95. The predicted molar refractivity (Wildman–Crippen MR) is 107 cm³/mol. The highest BCUT2D eigenvalue weighted by Gasteiger charge is 2.33. The molecule has 0 aliphatic carbocycles. The first-order chi connectivity index (χ1) is 12.6. The van der Waals surface area contributed by atoms with Gasteiger partial charge in [-0.05, 0) is 74.6 Å². The summed E-state index contributed by atoms with van der Waals surface area (Å²) in [5.41, 5.74) is 3.70. The van der Waals surface area contributed by atoms with E-state index in [2.05, 4.69) is 0 Å². The van der Waals surface area contributed by atoms with E-state index < -0.39 is 17.5 Å². The summed E-state index contributed by atoms with van der Waals surface area (Å²) in [4.78, 5) is 24.3. The Labute approximate surface area is 165 Å². The lowest BCUT2D eigenvalue weighted by atomic mass is 9.94. The molecule has 0 atom stereocenters. The number of rotatable bonds is 6. The first kappa shape index (κ1) is 21.0. The van der Waals surface area contributed by atoms with Gasteiger partial charge < -0.3 is 9.47 Å². The van der Waals surface area contributed by atoms with Crippen LogP contribution in [0.3, 0.4) is 0 Å². The molecule has 0 bridgehead atoms. The van der Waals surface area contributed by atoms with Crippen molar-refractivity contribution in [2.45, 2.75) is 46.6 Å². The van der Waals surface area contributed by atoms with Crippen LogP contribution in [0.4, 0.5) is 0 Å². The van der Waals surface area contributed by atoms with Crippen LogP contribution in [0, 0.1) is 13.8 Å². The second-order valence-electron chi connectivity index (χ2n) is 6.98. The topological polar surface area (TPSA) is 52.6 Å². The lowest BCUT2D eigenvalue weighted by Gasteiger charge is -2.23. The molecule has 27 heavy (non-hydrogen) atoms. The minimum Gasteiger partial charge on any atom is -0.463 e. The van der Waals surface area contributed by atoms with Crippen LogP contribution >= 0.6 is 11.6 Å². The normalized spacial score (nSPS) is 11.2. The third kappa shape index (κ3) is 5.33. The second kappa shape index (κ2) is 8.57. The highest BCUT2D eigenvalue weighted by molar-refractivity contribution is 6.30. The summed E-state index contributed by atoms with van der Waals surface area (Å²) in [6.45, 7) is 8.95. The van der Waals surface area contributed by atoms with Crippen LogP contribution in [0.2, 0.25) is 5.02 Å². The Balaban J connectivity index is 2.18. The highest BCUT2D eigenvalue weighted by atomic mass is 35.5. The number of halogens is 1. The van der Waals surface area contributed by atoms with Crippen LogP contribution in [-0.2, 0) is 25.5 Å². The zero-order valence-electron chi connectivity index (χ0n) is 16.4. The van der Waals surface area contributed by atoms with Gasteiger partial charge in [-0.1, -0.05) is 35.9 Å². The number of aryl methyl sites for hydroxylation is 2. The molecular formula is C22H25ClO4. The van der Waals surface area contributed by atoms with Crippen LogP contribution in [0.25, 0.3) is 11.1 Å². The van der Waals surface area contributed by atoms with E-state index in [1.807, 2.05) is 50.2 Å². The molecule has 0 heterocycles. The molecule has 4 nitrogen and oxygen atoms in total. The van der Waals surface area contributed by atoms with Gasteiger partial charge in [-0.15, -0.1) is 0 Å². The van der Waals surface area contributed by atoms with Crippen molar-refractivity contribution in [3.63, 3.8) is 0 Å². The summed E-state index contributed by atoms with van der Waals surface area (Å²) in [5, 5.41) is 0.691. The largest absolute Gasteiger partial charge is 0.463 e. The van der Waals surface area contributed by atoms with E-state index in [9.17, 15) is 9.59 Å². The van der Waals surface area contributed by atoms with E-state index in [1.54, 1.807) is 6.92 Å². The first-order valence-corrected chi connectivity index (χ1v) is 9.27. The molecule has 0 unspecified atom stereocenters. The zero-order valence-corrected chi connectivity index (χ0v) is 17.1. The SMILES string of the molecule is CCOC(=O)C(C)(C)OC(=O)Cc1c(C)cc(-c2ccc(Cl)cc2)cc1C. The lowest BCUT2D eigenvalue weighted by molar-refractivity contribution is -0.177. The number of benzene rings is 2. The van der Waals surface area contributed by atoms with Gasteiger partial charge in [0.2, 0.25) is 5.60 Å². The molecule has 0 saturated carbocycles. The molecule has 5 heteroatoms. The summed E-state index contributed by atoms with van der Waals surface area (Å²) in [7, 11) is 0. The molecule has 0 fully saturated rings. The molecule has 0 aromatic heterocycles. The minimum absolute atomic E-state index is 0.0986. The average Bonchev–Trinajstić information content (AvgIpc) is 2.58. The molecule has 2 aromatic rings. The van der Waals surface area contributed by atoms with Crippen LogP contribution < -0.4 is 0 Å². The lowest BCUT2D eigenvalue weighted by Crippen LogP contribution is -2.39. The van der Waals surface area contributed by atoms with Crippen molar-refractivity contribution in [1.29, 1.82) is 0 Å². The number of hydrogen-bond donors (Lipinski definition) is 0. The van der Waals surface area contributed by atoms with Crippen LogP contribution in [0.5, 0.6) is 0 Å². The van der Waals surface area contributed by atoms with Gasteiger partial charge in [0.05, 0.1) is 13.0 Å². The Morgan fingerprint density at radius 1 is 1.00 bits per heavy atom. The van der Waals surface area contributed by atoms with Crippen molar-refractivity contribution in [1.82, 2.24) is 0 Å². The van der Waals surface area contributed by atoms with Gasteiger partial charge in [-0.3, -0.25) is 4.79 Å². The fraction of sp³-hybridized carbons (Fsp3) is 0.364. The van der Waals surface area contributed by atoms with E-state index in [-0.39, 0.29) is 13.0 Å². The molecule has 2 rings (SSSR count). The van der Waals surface area contributed by atoms with Gasteiger partial charge in [0, 0.05) is 5.02 Å². The Bertz CT molecular complexity index is 815. The average molecular weight is 389 g/mol. The summed E-state index contributed by atoms with van der Waals surface area (Å²) in [5.74, 6) is -1.01. The Kier molecular flexibility index (Phi) is 6.66. The van der Waals surface area contributed by atoms with Crippen molar-refractivity contribution in [3.05, 3.63) is 58.1 Å². The third-order valence-electron chi connectivity index (χ3n) is 4.33. The van der Waals surface area contributed by atoms with E-state index in [1.165, 1.54) is 13.8 Å². The maximum atomic E-state index is 12.4. The molecule has 144 valence electrons. The van der Waals surface area contributed by atoms with E-state index in [4.69, 9.17) is 21.1 Å². The Hall–Kier alpha value is -2.33. The summed E-state index contributed by atoms with van der Waals surface area (Å²) in [6.07, 6.45) is 0.0986. The molecule has 0 spiro atoms. The van der Waals surface area contributed by atoms with E-state index in [0.29, 0.717) is 5.02 Å². The van der Waals surface area contributed by atoms with Gasteiger partial charge in [0.1, 0.15) is 0 Å². The highest BCUT2D eigenvalue weighted by Crippen LogP contribution is 2.27. The van der Waals surface area contributed by atoms with Gasteiger partial charge in [-0.25, -0.2) is 4.79 Å². The van der Waals surface area contributed by atoms with Crippen LogP contribution in [0.15, 0.2) is 36.4 Å². The fourth-order valence-electron chi connectivity index (χ4n) is 2.89. The predicted octanol–water partition coefficient (Wildman–Crippen LogP) is 5.05. The molecule has 0 N–H and O–H groups in total. The molecular weight excluding hydrogens is 364 g/mol. The van der Waals surface area contributed by atoms with Gasteiger partial charge in [0.15, 0.2) is 0 Å². The monoisotopic (exact) mass is 388 g/mol. The number of carbonyl (C=O) groups is 2. The molecule has 0 amide bonds. The van der Waals surface area contributed by atoms with E-state index in [0.717, 1.165) is 27.8 Å². The van der Waals surface area contributed by atoms with Crippen molar-refractivity contribution in [2.24, 2.45) is 0 Å². The third-order valence-corrected chi connectivity index (χ3v) is 4.58. The van der Waals surface area contributed by atoms with Crippen LogP contribution in [0.1, 0.15) is 37.5 Å². The number of carbonyl (C=O) groups excluding carboxylic acids is 2. The van der Waals surface area contributed by atoms with Gasteiger partial charge >= 0.3 is 11.9 Å². The van der Waals surface area contributed by atoms with Crippen molar-refractivity contribution < 1.29 is 19.1 Å². The molecule has 0 radical (unpaired) electrons. The number of esters is 2. The Morgan fingerprint density at radius 3 is 2.07 bits per heavy atom. The quantitative estimate of drug-likeness (QED) is 0.649. The molecule has 2 aromatic carbocycles. The van der Waals surface area contributed by atoms with Crippen LogP contribution in [-0.4, -0.2) is 24.1 Å². The van der Waals surface area contributed by atoms with E-state index >= 15 is 0 Å². The van der Waals surface area contributed by atoms with Crippen molar-refractivity contribution in [3.8, 4) is 11.1 Å². The Morgan fingerprint density at radius 2 is 1.56 bits per heavy atom. The first-order valence-electron chi connectivity index (χ1n) is 8.89. The zero-order chi connectivity index (χ0) is 20.2. The summed E-state index contributed by atoms with van der Waals surface area (Å²) < 4.78 is 10.3. The number of ether oxygens (including phenoxy) is 2. The standard InChI is InChI=1S/C22H25ClO4/c1-6-26-21(25)22(4,5)27-20(24)13-19-14(2)11-17(12-15(19)3)16-7-9-18(23)10-8-16/h7-12H,6,13H2,1-5H3. The fourth-order valence-corrected chi connectivity index (χ4v) is 3.02. The number of hydrogen-bond acceptors (Lipinski definition) is 4. The molecule has 0 aliphatic heterocycles. The van der Waals surface area contributed by atoms with Crippen molar-refractivity contribution >= 4 is 23.5 Å². The second-order valence-corrected chi connectivity index (χ2v) is 7.41. The summed E-state index contributed by atoms with van der Waals surface area (Å²) in [6, 6.07) is 11.7.